The van der Waals surface area contributed by atoms with E-state index in [-0.39, 0.29) is 0 Å². The first-order valence-corrected chi connectivity index (χ1v) is 7.46. The Bertz CT molecular complexity index is 344. The third kappa shape index (κ3) is 6.58. The van der Waals surface area contributed by atoms with Crippen LogP contribution in [0.2, 0.25) is 0 Å². The monoisotopic (exact) mass is 261 g/mol. The van der Waals surface area contributed by atoms with Gasteiger partial charge in [-0.25, -0.2) is 13.1 Å². The number of hydrogen-bond donors (Lipinski definition) is 2. The minimum Gasteiger partial charge on any atom is -0.378 e. The van der Waals surface area contributed by atoms with Crippen LogP contribution >= 0.6 is 0 Å². The first-order valence-electron chi connectivity index (χ1n) is 5.80. The number of hydrogen-bond acceptors (Lipinski definition) is 5. The summed E-state index contributed by atoms with van der Waals surface area (Å²) in [6, 6.07) is 1.61. The van der Waals surface area contributed by atoms with Gasteiger partial charge in [0.15, 0.2) is 5.75 Å². The van der Waals surface area contributed by atoms with Crippen LogP contribution in [-0.4, -0.2) is 46.5 Å². The van der Waals surface area contributed by atoms with E-state index in [1.807, 2.05) is 0 Å². The molecule has 0 aromatic rings. The number of nitriles is 1. The van der Waals surface area contributed by atoms with E-state index in [0.29, 0.717) is 25.7 Å². The van der Waals surface area contributed by atoms with E-state index < -0.39 is 15.8 Å². The van der Waals surface area contributed by atoms with Gasteiger partial charge in [-0.2, -0.15) is 5.26 Å². The lowest BCUT2D eigenvalue weighted by Crippen LogP contribution is -2.33. The molecule has 0 saturated carbocycles. The Hall–Kier alpha value is -0.680. The summed E-state index contributed by atoms with van der Waals surface area (Å²) in [6.45, 7) is 2.85. The van der Waals surface area contributed by atoms with Crippen molar-refractivity contribution in [1.29, 1.82) is 5.26 Å². The fraction of sp³-hybridized carbons (Fsp3) is 0.900. The van der Waals surface area contributed by atoms with E-state index in [9.17, 15) is 8.42 Å². The van der Waals surface area contributed by atoms with Crippen LogP contribution in [0, 0.1) is 11.3 Å². The summed E-state index contributed by atoms with van der Waals surface area (Å²) in [6.07, 6.45) is 2.96. The summed E-state index contributed by atoms with van der Waals surface area (Å²) in [7, 11) is -3.41. The molecule has 1 aliphatic heterocycles. The molecule has 7 heteroatoms. The number of ether oxygens (including phenoxy) is 1. The van der Waals surface area contributed by atoms with Crippen molar-refractivity contribution in [1.82, 2.24) is 10.0 Å². The SMILES string of the molecule is N#CCS(=O)(=O)NCCCOC1CCNCC1. The number of nitrogens with one attached hydrogen (secondary N) is 2. The normalized spacial score (nSPS) is 17.8. The average Bonchev–Trinajstić information content (AvgIpc) is 2.30. The second-order valence-corrected chi connectivity index (χ2v) is 5.79. The van der Waals surface area contributed by atoms with E-state index >= 15 is 0 Å². The maximum atomic E-state index is 11.1. The van der Waals surface area contributed by atoms with E-state index in [4.69, 9.17) is 10.00 Å². The van der Waals surface area contributed by atoms with E-state index in [1.165, 1.54) is 0 Å². The van der Waals surface area contributed by atoms with Crippen LogP contribution in [0.3, 0.4) is 0 Å². The topological polar surface area (TPSA) is 91.2 Å². The first kappa shape index (κ1) is 14.4. The van der Waals surface area contributed by atoms with Crippen molar-refractivity contribution in [3.8, 4) is 6.07 Å². The zero-order valence-electron chi connectivity index (χ0n) is 9.81. The zero-order valence-corrected chi connectivity index (χ0v) is 10.6. The number of rotatable bonds is 7. The van der Waals surface area contributed by atoms with Crippen molar-refractivity contribution in [2.75, 3.05) is 32.0 Å². The number of sulfonamides is 1. The van der Waals surface area contributed by atoms with Crippen LogP contribution in [0.15, 0.2) is 0 Å². The van der Waals surface area contributed by atoms with E-state index in [0.717, 1.165) is 25.9 Å². The van der Waals surface area contributed by atoms with Gasteiger partial charge in [-0.05, 0) is 32.4 Å². The molecule has 0 aromatic heterocycles. The minimum atomic E-state index is -3.41. The predicted octanol–water partition coefficient (Wildman–Crippen LogP) is -0.412. The summed E-state index contributed by atoms with van der Waals surface area (Å²) in [5.41, 5.74) is 0. The van der Waals surface area contributed by atoms with Crippen LogP contribution in [0.25, 0.3) is 0 Å². The lowest BCUT2D eigenvalue weighted by molar-refractivity contribution is 0.0322. The second-order valence-electron chi connectivity index (χ2n) is 3.99. The van der Waals surface area contributed by atoms with Gasteiger partial charge in [0, 0.05) is 13.2 Å². The smallest absolute Gasteiger partial charge is 0.225 e. The van der Waals surface area contributed by atoms with Crippen LogP contribution in [0.5, 0.6) is 0 Å². The van der Waals surface area contributed by atoms with Crippen molar-refractivity contribution in [2.45, 2.75) is 25.4 Å². The highest BCUT2D eigenvalue weighted by Gasteiger charge is 2.13. The molecular formula is C10H19N3O3S. The van der Waals surface area contributed by atoms with Crippen LogP contribution in [0.1, 0.15) is 19.3 Å². The van der Waals surface area contributed by atoms with Gasteiger partial charge in [-0.1, -0.05) is 0 Å². The van der Waals surface area contributed by atoms with Gasteiger partial charge >= 0.3 is 0 Å². The fourth-order valence-corrected chi connectivity index (χ4v) is 2.38. The molecule has 0 unspecified atom stereocenters. The highest BCUT2D eigenvalue weighted by molar-refractivity contribution is 7.89. The Kier molecular flexibility index (Phi) is 6.44. The van der Waals surface area contributed by atoms with Gasteiger partial charge in [0.05, 0.1) is 12.2 Å². The lowest BCUT2D eigenvalue weighted by atomic mass is 10.1. The molecule has 2 N–H and O–H groups in total. The predicted molar refractivity (Wildman–Crippen MR) is 63.9 cm³/mol. The quantitative estimate of drug-likeness (QED) is 0.608. The molecule has 0 aliphatic carbocycles. The van der Waals surface area contributed by atoms with Crippen LogP contribution < -0.4 is 10.0 Å². The summed E-state index contributed by atoms with van der Waals surface area (Å²) in [5, 5.41) is 11.5. The van der Waals surface area contributed by atoms with E-state index in [1.54, 1.807) is 6.07 Å². The molecule has 0 spiro atoms. The summed E-state index contributed by atoms with van der Waals surface area (Å²) >= 11 is 0. The van der Waals surface area contributed by atoms with Gasteiger partial charge in [-0.3, -0.25) is 0 Å². The lowest BCUT2D eigenvalue weighted by Gasteiger charge is -2.22. The molecule has 0 bridgehead atoms. The Morgan fingerprint density at radius 2 is 2.12 bits per heavy atom. The molecule has 1 aliphatic rings. The van der Waals surface area contributed by atoms with Crippen molar-refractivity contribution in [3.63, 3.8) is 0 Å². The molecule has 1 saturated heterocycles. The minimum absolute atomic E-state index is 0.298. The second kappa shape index (κ2) is 7.61. The third-order valence-electron chi connectivity index (χ3n) is 2.54. The van der Waals surface area contributed by atoms with Crippen LogP contribution in [0.4, 0.5) is 0 Å². The number of piperidine rings is 1. The summed E-state index contributed by atoms with van der Waals surface area (Å²) in [5.74, 6) is -0.484. The van der Waals surface area contributed by atoms with Gasteiger partial charge in [-0.15, -0.1) is 0 Å². The Labute approximate surface area is 102 Å². The van der Waals surface area contributed by atoms with Crippen LogP contribution in [-0.2, 0) is 14.8 Å². The van der Waals surface area contributed by atoms with E-state index in [2.05, 4.69) is 10.0 Å². The van der Waals surface area contributed by atoms with Gasteiger partial charge in [0.2, 0.25) is 10.0 Å². The Morgan fingerprint density at radius 1 is 1.41 bits per heavy atom. The molecule has 1 fully saturated rings. The molecule has 17 heavy (non-hydrogen) atoms. The molecule has 0 radical (unpaired) electrons. The van der Waals surface area contributed by atoms with Crippen molar-refractivity contribution >= 4 is 10.0 Å². The molecule has 0 amide bonds. The molecule has 0 aromatic carbocycles. The largest absolute Gasteiger partial charge is 0.378 e. The summed E-state index contributed by atoms with van der Waals surface area (Å²) < 4.78 is 30.2. The van der Waals surface area contributed by atoms with Gasteiger partial charge < -0.3 is 10.1 Å². The molecule has 6 nitrogen and oxygen atoms in total. The number of nitrogens with zero attached hydrogens (tertiary/aromatic N) is 1. The van der Waals surface area contributed by atoms with Crippen molar-refractivity contribution in [3.05, 3.63) is 0 Å². The maximum Gasteiger partial charge on any atom is 0.225 e. The highest BCUT2D eigenvalue weighted by Crippen LogP contribution is 2.07. The Morgan fingerprint density at radius 3 is 2.76 bits per heavy atom. The zero-order chi connectivity index (χ0) is 12.6. The molecule has 1 heterocycles. The van der Waals surface area contributed by atoms with Gasteiger partial charge in [0.25, 0.3) is 0 Å². The standard InChI is InChI=1S/C10H19N3O3S/c11-4-9-17(14,15)13-5-1-8-16-10-2-6-12-7-3-10/h10,12-13H,1-3,5-9H2. The maximum absolute atomic E-state index is 11.1. The van der Waals surface area contributed by atoms with Crippen molar-refractivity contribution in [2.24, 2.45) is 0 Å². The fourth-order valence-electron chi connectivity index (χ4n) is 1.65. The third-order valence-corrected chi connectivity index (χ3v) is 3.69. The van der Waals surface area contributed by atoms with Crippen molar-refractivity contribution < 1.29 is 13.2 Å². The molecule has 1 rings (SSSR count). The molecule has 98 valence electrons. The Balaban J connectivity index is 2.02. The highest BCUT2D eigenvalue weighted by atomic mass is 32.2. The van der Waals surface area contributed by atoms with Gasteiger partial charge in [0.1, 0.15) is 0 Å². The average molecular weight is 261 g/mol. The molecular weight excluding hydrogens is 242 g/mol. The molecule has 0 atom stereocenters. The first-order chi connectivity index (χ1) is 8.14. The summed E-state index contributed by atoms with van der Waals surface area (Å²) in [4.78, 5) is 0.